The lowest BCUT2D eigenvalue weighted by Gasteiger charge is -1.99. The molecule has 1 unspecified atom stereocenters. The molecule has 0 heterocycles. The Labute approximate surface area is 61.2 Å². The molecule has 58 valence electrons. The number of rotatable bonds is 3. The maximum absolute atomic E-state index is 5.26. The molecule has 10 heavy (non-hydrogen) atoms. The van der Waals surface area contributed by atoms with E-state index in [1.807, 2.05) is 14.0 Å². The molecule has 3 N–H and O–H groups in total. The van der Waals surface area contributed by atoms with Crippen molar-refractivity contribution < 1.29 is 0 Å². The number of hydrogen-bond acceptors (Lipinski definition) is 2. The molecule has 0 saturated carbocycles. The second kappa shape index (κ2) is 4.93. The smallest absolute Gasteiger partial charge is 0.113 e. The lowest BCUT2D eigenvalue weighted by Crippen LogP contribution is -2.18. The summed E-state index contributed by atoms with van der Waals surface area (Å²) in [6.07, 6.45) is 1.55. The fourth-order valence-electron chi connectivity index (χ4n) is 0.299. The molecule has 0 saturated heterocycles. The van der Waals surface area contributed by atoms with Crippen LogP contribution in [0.5, 0.6) is 0 Å². The predicted molar refractivity (Wildman–Crippen MR) is 44.3 cm³/mol. The zero-order valence-corrected chi connectivity index (χ0v) is 6.63. The van der Waals surface area contributed by atoms with Crippen LogP contribution in [0.2, 0.25) is 0 Å². The van der Waals surface area contributed by atoms with E-state index >= 15 is 0 Å². The van der Waals surface area contributed by atoms with Gasteiger partial charge in [0, 0.05) is 0 Å². The number of nitrogens with two attached hydrogens (primary N) is 1. The van der Waals surface area contributed by atoms with Gasteiger partial charge in [-0.1, -0.05) is 0 Å². The monoisotopic (exact) mass is 142 g/mol. The summed E-state index contributed by atoms with van der Waals surface area (Å²) < 4.78 is 0. The molecular weight excluding hydrogens is 128 g/mol. The van der Waals surface area contributed by atoms with Crippen molar-refractivity contribution in [2.75, 3.05) is 7.05 Å². The van der Waals surface area contributed by atoms with Gasteiger partial charge in [0.05, 0.1) is 12.0 Å². The van der Waals surface area contributed by atoms with Gasteiger partial charge >= 0.3 is 0 Å². The average Bonchev–Trinajstić information content (AvgIpc) is 1.87. The minimum atomic E-state index is 0.100. The number of amidine groups is 1. The zero-order valence-electron chi connectivity index (χ0n) is 6.63. The Morgan fingerprint density at radius 1 is 1.70 bits per heavy atom. The standard InChI is InChI=1S/C6H14N4/c1-5(7)9-4-10-6(2)8-3/h4,6,8H,1-3H3,(H2,7,9,10). The fourth-order valence-corrected chi connectivity index (χ4v) is 0.299. The van der Waals surface area contributed by atoms with Gasteiger partial charge in [-0.2, -0.15) is 0 Å². The Kier molecular flexibility index (Phi) is 4.49. The second-order valence-electron chi connectivity index (χ2n) is 2.00. The van der Waals surface area contributed by atoms with Gasteiger partial charge in [0.2, 0.25) is 0 Å². The van der Waals surface area contributed by atoms with Gasteiger partial charge < -0.3 is 5.73 Å². The molecule has 4 heteroatoms. The SMILES string of the molecule is CNC(C)/N=C\N=C(/C)N. The van der Waals surface area contributed by atoms with Gasteiger partial charge in [-0.05, 0) is 20.9 Å². The van der Waals surface area contributed by atoms with Crippen molar-refractivity contribution in [3.63, 3.8) is 0 Å². The lowest BCUT2D eigenvalue weighted by molar-refractivity contribution is 0.643. The van der Waals surface area contributed by atoms with Crippen molar-refractivity contribution >= 4 is 12.2 Å². The second-order valence-corrected chi connectivity index (χ2v) is 2.00. The Hall–Kier alpha value is -0.900. The van der Waals surface area contributed by atoms with E-state index in [2.05, 4.69) is 15.3 Å². The van der Waals surface area contributed by atoms with Crippen molar-refractivity contribution in [3.05, 3.63) is 0 Å². The van der Waals surface area contributed by atoms with E-state index < -0.39 is 0 Å². The maximum atomic E-state index is 5.26. The molecule has 0 spiro atoms. The van der Waals surface area contributed by atoms with Crippen LogP contribution in [-0.2, 0) is 0 Å². The lowest BCUT2D eigenvalue weighted by atomic mass is 10.6. The molecule has 0 aromatic rings. The van der Waals surface area contributed by atoms with Crippen molar-refractivity contribution in [1.82, 2.24) is 5.32 Å². The molecule has 0 aliphatic rings. The third-order valence-corrected chi connectivity index (χ3v) is 0.969. The van der Waals surface area contributed by atoms with Gasteiger partial charge in [0.1, 0.15) is 6.34 Å². The zero-order chi connectivity index (χ0) is 7.98. The Balaban J connectivity index is 3.66. The first-order valence-corrected chi connectivity index (χ1v) is 3.15. The molecule has 0 amide bonds. The van der Waals surface area contributed by atoms with E-state index in [0.717, 1.165) is 0 Å². The Morgan fingerprint density at radius 2 is 2.30 bits per heavy atom. The van der Waals surface area contributed by atoms with Crippen molar-refractivity contribution in [1.29, 1.82) is 0 Å². The largest absolute Gasteiger partial charge is 0.387 e. The van der Waals surface area contributed by atoms with E-state index in [-0.39, 0.29) is 6.17 Å². The molecule has 0 aromatic heterocycles. The van der Waals surface area contributed by atoms with Crippen LogP contribution in [0.4, 0.5) is 0 Å². The maximum Gasteiger partial charge on any atom is 0.113 e. The van der Waals surface area contributed by atoms with Crippen LogP contribution in [-0.4, -0.2) is 25.4 Å². The van der Waals surface area contributed by atoms with Gasteiger partial charge in [0.25, 0.3) is 0 Å². The third kappa shape index (κ3) is 5.24. The number of hydrogen-bond donors (Lipinski definition) is 2. The van der Waals surface area contributed by atoms with Crippen LogP contribution in [0.15, 0.2) is 9.98 Å². The van der Waals surface area contributed by atoms with Crippen molar-refractivity contribution in [2.24, 2.45) is 15.7 Å². The van der Waals surface area contributed by atoms with Crippen LogP contribution >= 0.6 is 0 Å². The first-order valence-electron chi connectivity index (χ1n) is 3.15. The molecule has 0 aliphatic carbocycles. The van der Waals surface area contributed by atoms with Gasteiger partial charge in [-0.15, -0.1) is 0 Å². The minimum absolute atomic E-state index is 0.100. The van der Waals surface area contributed by atoms with Gasteiger partial charge in [-0.3, -0.25) is 10.3 Å². The summed E-state index contributed by atoms with van der Waals surface area (Å²) in [6.45, 7) is 3.65. The highest BCUT2D eigenvalue weighted by Gasteiger charge is 1.86. The number of aliphatic imine (C=N–C) groups is 2. The Bertz CT molecular complexity index is 135. The average molecular weight is 142 g/mol. The molecule has 0 bridgehead atoms. The third-order valence-electron chi connectivity index (χ3n) is 0.969. The van der Waals surface area contributed by atoms with E-state index in [1.165, 1.54) is 6.34 Å². The molecule has 0 radical (unpaired) electrons. The summed E-state index contributed by atoms with van der Waals surface area (Å²) in [7, 11) is 1.83. The van der Waals surface area contributed by atoms with E-state index in [4.69, 9.17) is 5.73 Å². The molecular formula is C6H14N4. The van der Waals surface area contributed by atoms with Crippen LogP contribution < -0.4 is 11.1 Å². The molecule has 1 atom stereocenters. The minimum Gasteiger partial charge on any atom is -0.387 e. The molecule has 0 fully saturated rings. The Morgan fingerprint density at radius 3 is 2.70 bits per heavy atom. The van der Waals surface area contributed by atoms with Crippen LogP contribution in [0.1, 0.15) is 13.8 Å². The van der Waals surface area contributed by atoms with Crippen molar-refractivity contribution in [3.8, 4) is 0 Å². The molecule has 0 aliphatic heterocycles. The van der Waals surface area contributed by atoms with Crippen molar-refractivity contribution in [2.45, 2.75) is 20.0 Å². The highest BCUT2D eigenvalue weighted by Crippen LogP contribution is 1.78. The summed E-state index contributed by atoms with van der Waals surface area (Å²) in [5, 5.41) is 2.93. The number of nitrogens with one attached hydrogen (secondary N) is 1. The normalized spacial score (nSPS) is 16.1. The topological polar surface area (TPSA) is 62.8 Å². The quantitative estimate of drug-likeness (QED) is 0.429. The first kappa shape index (κ1) is 9.10. The summed E-state index contributed by atoms with van der Waals surface area (Å²) in [4.78, 5) is 7.75. The summed E-state index contributed by atoms with van der Waals surface area (Å²) in [5.41, 5.74) is 5.26. The van der Waals surface area contributed by atoms with E-state index in [9.17, 15) is 0 Å². The predicted octanol–water partition coefficient (Wildman–Crippen LogP) is -0.0428. The highest BCUT2D eigenvalue weighted by molar-refractivity contribution is 5.85. The summed E-state index contributed by atoms with van der Waals surface area (Å²) in [5.74, 6) is 0.520. The van der Waals surface area contributed by atoms with Gasteiger partial charge in [-0.25, -0.2) is 4.99 Å². The fraction of sp³-hybridized carbons (Fsp3) is 0.667. The van der Waals surface area contributed by atoms with Gasteiger partial charge in [0.15, 0.2) is 0 Å². The van der Waals surface area contributed by atoms with Crippen LogP contribution in [0, 0.1) is 0 Å². The van der Waals surface area contributed by atoms with E-state index in [0.29, 0.717) is 5.84 Å². The highest BCUT2D eigenvalue weighted by atomic mass is 15.1. The van der Waals surface area contributed by atoms with Crippen LogP contribution in [0.3, 0.4) is 0 Å². The first-order chi connectivity index (χ1) is 4.66. The van der Waals surface area contributed by atoms with Crippen LogP contribution in [0.25, 0.3) is 0 Å². The molecule has 0 aromatic carbocycles. The number of nitrogens with zero attached hydrogens (tertiary/aromatic N) is 2. The summed E-state index contributed by atoms with van der Waals surface area (Å²) >= 11 is 0. The molecule has 0 rings (SSSR count). The molecule has 4 nitrogen and oxygen atoms in total. The summed E-state index contributed by atoms with van der Waals surface area (Å²) in [6, 6.07) is 0. The van der Waals surface area contributed by atoms with E-state index in [1.54, 1.807) is 6.92 Å².